The van der Waals surface area contributed by atoms with Crippen LogP contribution in [0.4, 0.5) is 0 Å². The van der Waals surface area contributed by atoms with E-state index in [0.717, 1.165) is 44.1 Å². The summed E-state index contributed by atoms with van der Waals surface area (Å²) in [6, 6.07) is 0.424. The molecule has 2 rings (SSSR count). The summed E-state index contributed by atoms with van der Waals surface area (Å²) in [6.45, 7) is 3.44. The van der Waals surface area contributed by atoms with Gasteiger partial charge in [0.15, 0.2) is 0 Å². The van der Waals surface area contributed by atoms with E-state index in [1.807, 2.05) is 0 Å². The Hall–Kier alpha value is -0.0900. The first-order chi connectivity index (χ1) is 8.95. The van der Waals surface area contributed by atoms with E-state index < -0.39 is 9.84 Å². The Balaban J connectivity index is 1.74. The Labute approximate surface area is 118 Å². The van der Waals surface area contributed by atoms with Gasteiger partial charge in [0.05, 0.1) is 5.25 Å². The van der Waals surface area contributed by atoms with Crippen molar-refractivity contribution in [3.8, 4) is 0 Å². The van der Waals surface area contributed by atoms with E-state index in [1.54, 1.807) is 0 Å². The predicted octanol–water partition coefficient (Wildman–Crippen LogP) is 2.76. The summed E-state index contributed by atoms with van der Waals surface area (Å²) < 4.78 is 23.3. The fourth-order valence-corrected chi connectivity index (χ4v) is 4.76. The molecule has 2 unspecified atom stereocenters. The molecule has 1 N–H and O–H groups in total. The summed E-state index contributed by atoms with van der Waals surface area (Å²) >= 11 is 0. The highest BCUT2D eigenvalue weighted by atomic mass is 32.2. The zero-order valence-electron chi connectivity index (χ0n) is 12.4. The van der Waals surface area contributed by atoms with Crippen LogP contribution in [0.15, 0.2) is 0 Å². The first-order valence-electron chi connectivity index (χ1n) is 7.87. The van der Waals surface area contributed by atoms with Crippen LogP contribution < -0.4 is 5.32 Å². The van der Waals surface area contributed by atoms with Crippen LogP contribution in [0.5, 0.6) is 0 Å². The quantitative estimate of drug-likeness (QED) is 0.865. The molecule has 0 spiro atoms. The standard InChI is InChI=1S/C15H29NO2S/c1-12-6-8-13(9-7-12)11-16-14-4-3-5-15(10-14)19(2,17)18/h12-16H,3-11H2,1-2H3. The van der Waals surface area contributed by atoms with Crippen LogP contribution in [0.3, 0.4) is 0 Å². The van der Waals surface area contributed by atoms with Crippen molar-refractivity contribution in [1.29, 1.82) is 0 Å². The van der Waals surface area contributed by atoms with Crippen molar-refractivity contribution in [2.45, 2.75) is 69.6 Å². The summed E-state index contributed by atoms with van der Waals surface area (Å²) in [5.41, 5.74) is 0. The minimum atomic E-state index is -2.85. The van der Waals surface area contributed by atoms with Gasteiger partial charge in [-0.25, -0.2) is 8.42 Å². The van der Waals surface area contributed by atoms with Crippen LogP contribution in [-0.2, 0) is 9.84 Å². The van der Waals surface area contributed by atoms with Gasteiger partial charge in [-0.15, -0.1) is 0 Å². The van der Waals surface area contributed by atoms with Crippen LogP contribution in [0.2, 0.25) is 0 Å². The smallest absolute Gasteiger partial charge is 0.150 e. The second-order valence-corrected chi connectivity index (χ2v) is 9.17. The van der Waals surface area contributed by atoms with E-state index in [4.69, 9.17) is 0 Å². The molecule has 0 heterocycles. The first kappa shape index (κ1) is 15.3. The molecule has 4 heteroatoms. The minimum Gasteiger partial charge on any atom is -0.314 e. The van der Waals surface area contributed by atoms with Gasteiger partial charge < -0.3 is 5.32 Å². The molecule has 0 aromatic heterocycles. The van der Waals surface area contributed by atoms with E-state index in [1.165, 1.54) is 31.9 Å². The third-order valence-electron chi connectivity index (χ3n) is 5.06. The van der Waals surface area contributed by atoms with E-state index in [9.17, 15) is 8.42 Å². The third kappa shape index (κ3) is 4.75. The second kappa shape index (κ2) is 6.57. The summed E-state index contributed by atoms with van der Waals surface area (Å²) in [6.07, 6.45) is 10.7. The highest BCUT2D eigenvalue weighted by molar-refractivity contribution is 7.91. The molecule has 2 saturated carbocycles. The normalized spacial score (nSPS) is 37.2. The van der Waals surface area contributed by atoms with Crippen molar-refractivity contribution in [2.75, 3.05) is 12.8 Å². The molecule has 0 radical (unpaired) electrons. The van der Waals surface area contributed by atoms with Gasteiger partial charge in [0.1, 0.15) is 9.84 Å². The molecular formula is C15H29NO2S. The van der Waals surface area contributed by atoms with Gasteiger partial charge in [-0.3, -0.25) is 0 Å². The Morgan fingerprint density at radius 2 is 1.74 bits per heavy atom. The Morgan fingerprint density at radius 1 is 1.05 bits per heavy atom. The average Bonchev–Trinajstić information content (AvgIpc) is 2.37. The average molecular weight is 287 g/mol. The monoisotopic (exact) mass is 287 g/mol. The SMILES string of the molecule is CC1CCC(CNC2CCCC(S(C)(=O)=O)C2)CC1. The van der Waals surface area contributed by atoms with E-state index in [0.29, 0.717) is 6.04 Å². The van der Waals surface area contributed by atoms with Crippen molar-refractivity contribution in [3.63, 3.8) is 0 Å². The topological polar surface area (TPSA) is 46.2 Å². The van der Waals surface area contributed by atoms with Crippen molar-refractivity contribution in [1.82, 2.24) is 5.32 Å². The maximum Gasteiger partial charge on any atom is 0.150 e. The van der Waals surface area contributed by atoms with Crippen molar-refractivity contribution < 1.29 is 8.42 Å². The highest BCUT2D eigenvalue weighted by Gasteiger charge is 2.29. The van der Waals surface area contributed by atoms with Gasteiger partial charge in [0.25, 0.3) is 0 Å². The fraction of sp³-hybridized carbons (Fsp3) is 1.00. The third-order valence-corrected chi connectivity index (χ3v) is 6.70. The molecule has 0 amide bonds. The van der Waals surface area contributed by atoms with E-state index in [2.05, 4.69) is 12.2 Å². The van der Waals surface area contributed by atoms with Gasteiger partial charge in [0, 0.05) is 12.3 Å². The van der Waals surface area contributed by atoms with Crippen molar-refractivity contribution >= 4 is 9.84 Å². The van der Waals surface area contributed by atoms with Gasteiger partial charge >= 0.3 is 0 Å². The molecule has 2 aliphatic rings. The molecular weight excluding hydrogens is 258 g/mol. The Bertz CT molecular complexity index is 372. The molecule has 3 nitrogen and oxygen atoms in total. The van der Waals surface area contributed by atoms with Gasteiger partial charge in [-0.1, -0.05) is 26.2 Å². The Kier molecular flexibility index (Phi) is 5.29. The zero-order chi connectivity index (χ0) is 13.9. The first-order valence-corrected chi connectivity index (χ1v) is 9.83. The van der Waals surface area contributed by atoms with Gasteiger partial charge in [-0.2, -0.15) is 0 Å². The Morgan fingerprint density at radius 3 is 2.37 bits per heavy atom. The van der Waals surface area contributed by atoms with Gasteiger partial charge in [-0.05, 0) is 50.5 Å². The molecule has 0 saturated heterocycles. The minimum absolute atomic E-state index is 0.106. The fourth-order valence-electron chi connectivity index (χ4n) is 3.59. The van der Waals surface area contributed by atoms with Crippen LogP contribution in [-0.4, -0.2) is 32.5 Å². The molecule has 112 valence electrons. The van der Waals surface area contributed by atoms with Crippen molar-refractivity contribution in [2.24, 2.45) is 11.8 Å². The summed E-state index contributed by atoms with van der Waals surface area (Å²) in [5.74, 6) is 1.72. The number of rotatable bonds is 4. The number of hydrogen-bond donors (Lipinski definition) is 1. The summed E-state index contributed by atoms with van der Waals surface area (Å²) in [7, 11) is -2.85. The number of sulfone groups is 1. The molecule has 0 aliphatic heterocycles. The van der Waals surface area contributed by atoms with Crippen molar-refractivity contribution in [3.05, 3.63) is 0 Å². The lowest BCUT2D eigenvalue weighted by Crippen LogP contribution is -2.41. The second-order valence-electron chi connectivity index (χ2n) is 6.85. The maximum absolute atomic E-state index is 11.6. The van der Waals surface area contributed by atoms with E-state index >= 15 is 0 Å². The molecule has 2 fully saturated rings. The van der Waals surface area contributed by atoms with Crippen LogP contribution >= 0.6 is 0 Å². The molecule has 2 atom stereocenters. The summed E-state index contributed by atoms with van der Waals surface area (Å²) in [4.78, 5) is 0. The largest absolute Gasteiger partial charge is 0.314 e. The number of nitrogens with one attached hydrogen (secondary N) is 1. The zero-order valence-corrected chi connectivity index (χ0v) is 13.2. The molecule has 0 aromatic rings. The van der Waals surface area contributed by atoms with Crippen LogP contribution in [0.25, 0.3) is 0 Å². The lowest BCUT2D eigenvalue weighted by molar-refractivity contribution is 0.262. The molecule has 0 bridgehead atoms. The maximum atomic E-state index is 11.6. The molecule has 2 aliphatic carbocycles. The van der Waals surface area contributed by atoms with E-state index in [-0.39, 0.29) is 5.25 Å². The van der Waals surface area contributed by atoms with Gasteiger partial charge in [0.2, 0.25) is 0 Å². The van der Waals surface area contributed by atoms with Crippen LogP contribution in [0, 0.1) is 11.8 Å². The van der Waals surface area contributed by atoms with Crippen LogP contribution in [0.1, 0.15) is 58.3 Å². The molecule has 19 heavy (non-hydrogen) atoms. The predicted molar refractivity (Wildman–Crippen MR) is 80.0 cm³/mol. The highest BCUT2D eigenvalue weighted by Crippen LogP contribution is 2.29. The molecule has 0 aromatic carbocycles. The lowest BCUT2D eigenvalue weighted by atomic mass is 9.82. The summed E-state index contributed by atoms with van der Waals surface area (Å²) in [5, 5.41) is 3.54. The number of hydrogen-bond acceptors (Lipinski definition) is 3. The lowest BCUT2D eigenvalue weighted by Gasteiger charge is -2.32.